The van der Waals surface area contributed by atoms with Crippen LogP contribution in [0.5, 0.6) is 11.5 Å². The van der Waals surface area contributed by atoms with Crippen molar-refractivity contribution in [3.63, 3.8) is 0 Å². The highest BCUT2D eigenvalue weighted by Crippen LogP contribution is 2.34. The van der Waals surface area contributed by atoms with Crippen LogP contribution in [0.2, 0.25) is 0 Å². The summed E-state index contributed by atoms with van der Waals surface area (Å²) in [5.74, 6) is 0.234. The molecule has 3 aromatic carbocycles. The van der Waals surface area contributed by atoms with E-state index in [1.54, 1.807) is 30.5 Å². The molecule has 0 atom stereocenters. The molecule has 0 spiro atoms. The Morgan fingerprint density at radius 2 is 1.72 bits per heavy atom. The first kappa shape index (κ1) is 20.0. The number of anilines is 1. The summed E-state index contributed by atoms with van der Waals surface area (Å²) in [6, 6.07) is 17.4. The highest BCUT2D eigenvalue weighted by atomic mass is 79.9. The van der Waals surface area contributed by atoms with Crippen LogP contribution >= 0.6 is 15.9 Å². The van der Waals surface area contributed by atoms with Crippen LogP contribution in [0.4, 0.5) is 17.1 Å². The Hall–Kier alpha value is -3.79. The summed E-state index contributed by atoms with van der Waals surface area (Å²) in [5, 5.41) is 26.2. The second-order valence-corrected chi connectivity index (χ2v) is 6.63. The third kappa shape index (κ3) is 5.36. The molecule has 0 saturated heterocycles. The third-order valence-electron chi connectivity index (χ3n) is 3.69. The molecule has 0 saturated carbocycles. The number of hydrogen-bond acceptors (Lipinski definition) is 7. The molecule has 10 heteroatoms. The Morgan fingerprint density at radius 3 is 2.41 bits per heavy atom. The van der Waals surface area contributed by atoms with Crippen molar-refractivity contribution in [1.29, 1.82) is 0 Å². The summed E-state index contributed by atoms with van der Waals surface area (Å²) >= 11 is 3.35. The number of benzene rings is 3. The van der Waals surface area contributed by atoms with Gasteiger partial charge in [-0.25, -0.2) is 0 Å². The Morgan fingerprint density at radius 1 is 0.966 bits per heavy atom. The van der Waals surface area contributed by atoms with E-state index in [1.807, 2.05) is 24.3 Å². The quantitative estimate of drug-likeness (QED) is 0.284. The maximum atomic E-state index is 11.2. The maximum Gasteiger partial charge on any atom is 0.318 e. The zero-order valence-corrected chi connectivity index (χ0v) is 16.3. The van der Waals surface area contributed by atoms with Gasteiger partial charge in [0.1, 0.15) is 5.75 Å². The predicted octanol–water partition coefficient (Wildman–Crippen LogP) is 5.50. The number of nitro groups is 2. The van der Waals surface area contributed by atoms with Crippen LogP contribution in [0.3, 0.4) is 0 Å². The highest BCUT2D eigenvalue weighted by molar-refractivity contribution is 9.10. The monoisotopic (exact) mass is 456 g/mol. The maximum absolute atomic E-state index is 11.2. The average molecular weight is 457 g/mol. The molecular formula is C19H13BrN4O5. The summed E-state index contributed by atoms with van der Waals surface area (Å²) in [7, 11) is 0. The zero-order chi connectivity index (χ0) is 20.8. The van der Waals surface area contributed by atoms with E-state index in [2.05, 4.69) is 26.5 Å². The van der Waals surface area contributed by atoms with Crippen molar-refractivity contribution in [1.82, 2.24) is 0 Å². The largest absolute Gasteiger partial charge is 0.450 e. The van der Waals surface area contributed by atoms with E-state index < -0.39 is 15.5 Å². The normalized spacial score (nSPS) is 10.7. The second-order valence-electron chi connectivity index (χ2n) is 5.72. The van der Waals surface area contributed by atoms with Crippen molar-refractivity contribution in [2.75, 3.05) is 5.43 Å². The van der Waals surface area contributed by atoms with E-state index in [1.165, 1.54) is 6.07 Å². The molecule has 0 unspecified atom stereocenters. The molecule has 0 bridgehead atoms. The van der Waals surface area contributed by atoms with Crippen molar-refractivity contribution >= 4 is 39.2 Å². The Balaban J connectivity index is 1.76. The van der Waals surface area contributed by atoms with Crippen LogP contribution < -0.4 is 10.2 Å². The summed E-state index contributed by atoms with van der Waals surface area (Å²) in [4.78, 5) is 20.6. The lowest BCUT2D eigenvalue weighted by Gasteiger charge is -2.07. The van der Waals surface area contributed by atoms with Crippen LogP contribution in [0, 0.1) is 20.2 Å². The summed E-state index contributed by atoms with van der Waals surface area (Å²) in [5.41, 5.74) is 3.50. The number of hydrazone groups is 1. The van der Waals surface area contributed by atoms with Crippen LogP contribution in [0.15, 0.2) is 76.3 Å². The van der Waals surface area contributed by atoms with E-state index in [-0.39, 0.29) is 11.4 Å². The lowest BCUT2D eigenvalue weighted by atomic mass is 10.2. The lowest BCUT2D eigenvalue weighted by molar-refractivity contribution is -0.394. The number of rotatable bonds is 7. The first-order valence-corrected chi connectivity index (χ1v) is 8.97. The van der Waals surface area contributed by atoms with Crippen molar-refractivity contribution < 1.29 is 14.6 Å². The number of halogens is 1. The number of hydrogen-bond donors (Lipinski definition) is 1. The number of ether oxygens (including phenoxy) is 1. The number of nitrogens with one attached hydrogen (secondary N) is 1. The molecule has 0 aliphatic rings. The fraction of sp³-hybridized carbons (Fsp3) is 0. The first-order chi connectivity index (χ1) is 13.9. The molecule has 0 amide bonds. The van der Waals surface area contributed by atoms with E-state index in [0.717, 1.165) is 22.3 Å². The Labute approximate surface area is 173 Å². The average Bonchev–Trinajstić information content (AvgIpc) is 2.70. The van der Waals surface area contributed by atoms with Crippen molar-refractivity contribution in [3.05, 3.63) is 97.0 Å². The van der Waals surface area contributed by atoms with Gasteiger partial charge in [0.2, 0.25) is 5.75 Å². The molecule has 146 valence electrons. The van der Waals surface area contributed by atoms with E-state index >= 15 is 0 Å². The highest BCUT2D eigenvalue weighted by Gasteiger charge is 2.21. The summed E-state index contributed by atoms with van der Waals surface area (Å²) < 4.78 is 6.53. The molecule has 0 aromatic heterocycles. The van der Waals surface area contributed by atoms with E-state index in [4.69, 9.17) is 4.74 Å². The fourth-order valence-electron chi connectivity index (χ4n) is 2.34. The van der Waals surface area contributed by atoms with Gasteiger partial charge in [0.25, 0.3) is 5.69 Å². The van der Waals surface area contributed by atoms with Crippen LogP contribution in [0.1, 0.15) is 5.56 Å². The minimum absolute atomic E-state index is 0.0947. The molecule has 0 aliphatic heterocycles. The van der Waals surface area contributed by atoms with E-state index in [9.17, 15) is 20.2 Å². The van der Waals surface area contributed by atoms with Gasteiger partial charge in [-0.1, -0.05) is 28.1 Å². The van der Waals surface area contributed by atoms with Gasteiger partial charge < -0.3 is 4.74 Å². The van der Waals surface area contributed by atoms with Crippen molar-refractivity contribution in [2.45, 2.75) is 0 Å². The smallest absolute Gasteiger partial charge is 0.318 e. The van der Waals surface area contributed by atoms with Gasteiger partial charge >= 0.3 is 5.69 Å². The Kier molecular flexibility index (Phi) is 6.15. The van der Waals surface area contributed by atoms with E-state index in [0.29, 0.717) is 11.3 Å². The molecule has 9 nitrogen and oxygen atoms in total. The first-order valence-electron chi connectivity index (χ1n) is 8.18. The molecular weight excluding hydrogens is 444 g/mol. The van der Waals surface area contributed by atoms with Gasteiger partial charge in [-0.05, 0) is 48.0 Å². The fourth-order valence-corrected chi connectivity index (χ4v) is 2.60. The number of nitrogens with zero attached hydrogens (tertiary/aromatic N) is 3. The Bertz CT molecular complexity index is 1090. The standard InChI is InChI=1S/C19H13BrN4O5/c20-14-4-6-15(7-5-14)22-21-12-13-2-1-3-17(10-13)29-19-9-8-16(23(25)26)11-18(19)24(27)28/h1-12,22H/b21-12-. The molecule has 3 rings (SSSR count). The van der Waals surface area contributed by atoms with Gasteiger partial charge in [0, 0.05) is 10.5 Å². The van der Waals surface area contributed by atoms with Gasteiger partial charge in [-0.3, -0.25) is 25.7 Å². The van der Waals surface area contributed by atoms with Gasteiger partial charge in [-0.2, -0.15) is 5.10 Å². The summed E-state index contributed by atoms with van der Waals surface area (Å²) in [6.45, 7) is 0. The van der Waals surface area contributed by atoms with Crippen LogP contribution in [-0.4, -0.2) is 16.1 Å². The summed E-state index contributed by atoms with van der Waals surface area (Å²) in [6.07, 6.45) is 1.57. The minimum atomic E-state index is -0.726. The molecule has 0 aliphatic carbocycles. The zero-order valence-electron chi connectivity index (χ0n) is 14.7. The van der Waals surface area contributed by atoms with Crippen molar-refractivity contribution in [2.24, 2.45) is 5.10 Å². The predicted molar refractivity (Wildman–Crippen MR) is 112 cm³/mol. The molecule has 3 aromatic rings. The van der Waals surface area contributed by atoms with Crippen LogP contribution in [-0.2, 0) is 0 Å². The second kappa shape index (κ2) is 8.93. The number of nitro benzene ring substituents is 2. The van der Waals surface area contributed by atoms with Gasteiger partial charge in [0.05, 0.1) is 27.8 Å². The van der Waals surface area contributed by atoms with Gasteiger partial charge in [0.15, 0.2) is 0 Å². The third-order valence-corrected chi connectivity index (χ3v) is 4.22. The molecule has 0 radical (unpaired) electrons. The molecule has 29 heavy (non-hydrogen) atoms. The van der Waals surface area contributed by atoms with Gasteiger partial charge in [-0.15, -0.1) is 0 Å². The lowest BCUT2D eigenvalue weighted by Crippen LogP contribution is -1.96. The SMILES string of the molecule is O=[N+]([O-])c1ccc(Oc2cccc(/C=N\Nc3ccc(Br)cc3)c2)c([N+](=O)[O-])c1. The molecule has 0 heterocycles. The number of non-ortho nitro benzene ring substituents is 1. The molecule has 1 N–H and O–H groups in total. The van der Waals surface area contributed by atoms with Crippen LogP contribution in [0.25, 0.3) is 0 Å². The molecule has 0 fully saturated rings. The topological polar surface area (TPSA) is 120 Å². The van der Waals surface area contributed by atoms with Crippen molar-refractivity contribution in [3.8, 4) is 11.5 Å². The minimum Gasteiger partial charge on any atom is -0.450 e.